The first kappa shape index (κ1) is 23.1. The Morgan fingerprint density at radius 2 is 1.94 bits per heavy atom. The zero-order valence-electron chi connectivity index (χ0n) is 16.7. The number of sulfonamides is 1. The number of amides is 1. The number of carbonyl (C=O) groups excluding carboxylic acids is 1. The summed E-state index contributed by atoms with van der Waals surface area (Å²) in [5, 5.41) is 12.0. The van der Waals surface area contributed by atoms with Gasteiger partial charge in [-0.05, 0) is 61.2 Å². The molecule has 0 aliphatic carbocycles. The zero-order chi connectivity index (χ0) is 22.4. The monoisotopic (exact) mass is 466 g/mol. The van der Waals surface area contributed by atoms with Gasteiger partial charge in [-0.2, -0.15) is 4.31 Å². The minimum Gasteiger partial charge on any atom is -0.482 e. The van der Waals surface area contributed by atoms with Crippen molar-refractivity contribution in [3.05, 3.63) is 59.1 Å². The molecule has 1 aliphatic rings. The first-order chi connectivity index (χ1) is 14.8. The molecular weight excluding hydrogens is 444 g/mol. The van der Waals surface area contributed by atoms with E-state index < -0.39 is 28.6 Å². The normalized spacial score (nSPS) is 17.1. The van der Waals surface area contributed by atoms with Gasteiger partial charge < -0.3 is 15.2 Å². The molecular formula is C21H23ClN2O6S. The van der Waals surface area contributed by atoms with Crippen LogP contribution in [-0.2, 0) is 26.2 Å². The van der Waals surface area contributed by atoms with Crippen LogP contribution in [0.25, 0.3) is 0 Å². The van der Waals surface area contributed by atoms with Gasteiger partial charge in [0.15, 0.2) is 6.61 Å². The highest BCUT2D eigenvalue weighted by Gasteiger charge is 2.36. The fourth-order valence-corrected chi connectivity index (χ4v) is 5.09. The lowest BCUT2D eigenvalue weighted by atomic mass is 10.1. The molecule has 0 radical (unpaired) electrons. The van der Waals surface area contributed by atoms with Crippen LogP contribution in [0.2, 0.25) is 5.02 Å². The number of carboxylic acids is 1. The Bertz CT molecular complexity index is 1040. The second-order valence-electron chi connectivity index (χ2n) is 7.14. The fourth-order valence-electron chi connectivity index (χ4n) is 3.36. The van der Waals surface area contributed by atoms with Crippen molar-refractivity contribution >= 4 is 33.5 Å². The summed E-state index contributed by atoms with van der Waals surface area (Å²) in [7, 11) is -4.02. The number of halogens is 1. The maximum Gasteiger partial charge on any atom is 0.341 e. The number of rotatable bonds is 8. The van der Waals surface area contributed by atoms with E-state index in [0.29, 0.717) is 35.7 Å². The van der Waals surface area contributed by atoms with E-state index in [9.17, 15) is 18.0 Å². The summed E-state index contributed by atoms with van der Waals surface area (Å²) in [5.74, 6) is -1.16. The highest BCUT2D eigenvalue weighted by atomic mass is 35.5. The second kappa shape index (κ2) is 10.1. The first-order valence-corrected chi connectivity index (χ1v) is 11.6. The molecule has 0 saturated carbocycles. The minimum atomic E-state index is -4.02. The van der Waals surface area contributed by atoms with Crippen molar-refractivity contribution in [3.8, 4) is 5.75 Å². The highest BCUT2D eigenvalue weighted by molar-refractivity contribution is 7.89. The topological polar surface area (TPSA) is 113 Å². The third-order valence-corrected chi connectivity index (χ3v) is 6.99. The van der Waals surface area contributed by atoms with Crippen molar-refractivity contribution in [1.82, 2.24) is 9.62 Å². The van der Waals surface area contributed by atoms with Crippen molar-refractivity contribution in [1.29, 1.82) is 0 Å². The number of aliphatic carboxylic acids is 1. The van der Waals surface area contributed by atoms with Crippen LogP contribution in [0, 0.1) is 0 Å². The number of carboxylic acid groups (broad SMARTS) is 1. The second-order valence-corrected chi connectivity index (χ2v) is 9.46. The minimum absolute atomic E-state index is 0.0345. The van der Waals surface area contributed by atoms with Crippen LogP contribution in [-0.4, -0.2) is 48.9 Å². The van der Waals surface area contributed by atoms with E-state index in [1.165, 1.54) is 28.6 Å². The molecule has 166 valence electrons. The number of carbonyl (C=O) groups is 2. The molecule has 1 aliphatic heterocycles. The Morgan fingerprint density at radius 3 is 2.65 bits per heavy atom. The molecule has 1 heterocycles. The molecule has 2 N–H and O–H groups in total. The van der Waals surface area contributed by atoms with Gasteiger partial charge in [0.1, 0.15) is 11.8 Å². The van der Waals surface area contributed by atoms with Crippen LogP contribution in [0.15, 0.2) is 53.4 Å². The summed E-state index contributed by atoms with van der Waals surface area (Å²) < 4.78 is 33.4. The van der Waals surface area contributed by atoms with Crippen LogP contribution in [0.4, 0.5) is 0 Å². The fraction of sp³-hybridized carbons (Fsp3) is 0.333. The standard InChI is InChI=1S/C21H23ClN2O6S/c22-16-7-9-18(10-8-16)31(28,29)24(19-6-1-2-11-23-21(19)27)13-15-4-3-5-17(12-15)30-14-20(25)26/h3-5,7-10,12,19H,1-2,6,11,13-14H2,(H,23,27)(H,25,26). The lowest BCUT2D eigenvalue weighted by Crippen LogP contribution is -2.48. The lowest BCUT2D eigenvalue weighted by molar-refractivity contribution is -0.139. The number of nitrogens with one attached hydrogen (secondary N) is 1. The van der Waals surface area contributed by atoms with Crippen LogP contribution >= 0.6 is 11.6 Å². The SMILES string of the molecule is O=C(O)COc1cccc(CN(C2CCCCNC2=O)S(=O)(=O)c2ccc(Cl)cc2)c1. The molecule has 31 heavy (non-hydrogen) atoms. The maximum atomic E-state index is 13.5. The van der Waals surface area contributed by atoms with E-state index in [1.807, 2.05) is 0 Å². The molecule has 0 spiro atoms. The summed E-state index contributed by atoms with van der Waals surface area (Å²) in [6, 6.07) is 11.4. The molecule has 10 heteroatoms. The molecule has 1 saturated heterocycles. The predicted molar refractivity (Wildman–Crippen MR) is 114 cm³/mol. The third kappa shape index (κ3) is 5.96. The van der Waals surface area contributed by atoms with Gasteiger partial charge in [-0.3, -0.25) is 4.79 Å². The van der Waals surface area contributed by atoms with Crippen LogP contribution in [0.1, 0.15) is 24.8 Å². The Hall–Kier alpha value is -2.62. The molecule has 1 atom stereocenters. The number of hydrogen-bond acceptors (Lipinski definition) is 5. The smallest absolute Gasteiger partial charge is 0.341 e. The van der Waals surface area contributed by atoms with Crippen molar-refractivity contribution < 1.29 is 27.9 Å². The molecule has 0 aromatic heterocycles. The Labute approximate surface area is 185 Å². The quantitative estimate of drug-likeness (QED) is 0.618. The molecule has 2 aromatic rings. The summed E-state index contributed by atoms with van der Waals surface area (Å²) >= 11 is 5.91. The van der Waals surface area contributed by atoms with Gasteiger partial charge in [-0.25, -0.2) is 13.2 Å². The molecule has 0 bridgehead atoms. The van der Waals surface area contributed by atoms with Gasteiger partial charge in [-0.1, -0.05) is 23.7 Å². The largest absolute Gasteiger partial charge is 0.482 e. The first-order valence-electron chi connectivity index (χ1n) is 9.76. The van der Waals surface area contributed by atoms with E-state index >= 15 is 0 Å². The molecule has 3 rings (SSSR count). The number of ether oxygens (including phenoxy) is 1. The molecule has 1 unspecified atom stereocenters. The number of hydrogen-bond donors (Lipinski definition) is 2. The number of benzene rings is 2. The van der Waals surface area contributed by atoms with Gasteiger partial charge >= 0.3 is 5.97 Å². The molecule has 1 fully saturated rings. The maximum absolute atomic E-state index is 13.5. The van der Waals surface area contributed by atoms with Crippen molar-refractivity contribution in [2.24, 2.45) is 0 Å². The van der Waals surface area contributed by atoms with E-state index in [2.05, 4.69) is 5.32 Å². The van der Waals surface area contributed by atoms with Gasteiger partial charge in [0, 0.05) is 18.1 Å². The van der Waals surface area contributed by atoms with Crippen molar-refractivity contribution in [2.45, 2.75) is 36.7 Å². The predicted octanol–water partition coefficient (Wildman–Crippen LogP) is 2.66. The number of nitrogens with zero attached hydrogens (tertiary/aromatic N) is 1. The molecule has 2 aromatic carbocycles. The lowest BCUT2D eigenvalue weighted by Gasteiger charge is -2.29. The Morgan fingerprint density at radius 1 is 1.19 bits per heavy atom. The van der Waals surface area contributed by atoms with Crippen molar-refractivity contribution in [2.75, 3.05) is 13.2 Å². The van der Waals surface area contributed by atoms with Gasteiger partial charge in [0.25, 0.3) is 0 Å². The summed E-state index contributed by atoms with van der Waals surface area (Å²) in [6.07, 6.45) is 1.88. The van der Waals surface area contributed by atoms with Crippen LogP contribution < -0.4 is 10.1 Å². The summed E-state index contributed by atoms with van der Waals surface area (Å²) in [6.45, 7) is -0.0860. The average molecular weight is 467 g/mol. The molecule has 1 amide bonds. The average Bonchev–Trinajstić information content (AvgIpc) is 2.95. The zero-order valence-corrected chi connectivity index (χ0v) is 18.2. The molecule has 8 nitrogen and oxygen atoms in total. The van der Waals surface area contributed by atoms with E-state index in [0.717, 1.165) is 6.42 Å². The summed E-state index contributed by atoms with van der Waals surface area (Å²) in [5.41, 5.74) is 0.567. The van der Waals surface area contributed by atoms with Crippen LogP contribution in [0.3, 0.4) is 0 Å². The summed E-state index contributed by atoms with van der Waals surface area (Å²) in [4.78, 5) is 23.5. The van der Waals surface area contributed by atoms with Gasteiger partial charge in [0.2, 0.25) is 15.9 Å². The van der Waals surface area contributed by atoms with E-state index in [-0.39, 0.29) is 17.3 Å². The van der Waals surface area contributed by atoms with E-state index in [1.54, 1.807) is 24.3 Å². The van der Waals surface area contributed by atoms with Gasteiger partial charge in [0.05, 0.1) is 4.90 Å². The van der Waals surface area contributed by atoms with Crippen LogP contribution in [0.5, 0.6) is 5.75 Å². The Balaban J connectivity index is 1.96. The van der Waals surface area contributed by atoms with Gasteiger partial charge in [-0.15, -0.1) is 0 Å². The van der Waals surface area contributed by atoms with E-state index in [4.69, 9.17) is 21.4 Å². The Kier molecular flexibility index (Phi) is 7.53. The third-order valence-electron chi connectivity index (χ3n) is 4.87. The highest BCUT2D eigenvalue weighted by Crippen LogP contribution is 2.27. The van der Waals surface area contributed by atoms with Crippen molar-refractivity contribution in [3.63, 3.8) is 0 Å².